The largest absolute Gasteiger partial charge is 0.417 e. The first kappa shape index (κ1) is 22.9. The van der Waals surface area contributed by atoms with E-state index in [0.29, 0.717) is 17.8 Å². The van der Waals surface area contributed by atoms with Crippen molar-refractivity contribution in [3.63, 3.8) is 0 Å². The number of halogens is 3. The van der Waals surface area contributed by atoms with Gasteiger partial charge in [-0.1, -0.05) is 18.2 Å². The van der Waals surface area contributed by atoms with Crippen molar-refractivity contribution in [2.45, 2.75) is 33.9 Å². The van der Waals surface area contributed by atoms with E-state index in [1.807, 2.05) is 39.8 Å². The number of fused-ring (bicyclic) bond motifs is 1. The fraction of sp³-hybridized carbons (Fsp3) is 0.217. The summed E-state index contributed by atoms with van der Waals surface area (Å²) in [5.74, 6) is 0. The molecule has 3 heterocycles. The van der Waals surface area contributed by atoms with Crippen LogP contribution >= 0.6 is 0 Å². The number of anilines is 1. The van der Waals surface area contributed by atoms with E-state index < -0.39 is 11.7 Å². The highest BCUT2D eigenvalue weighted by atomic mass is 19.4. The van der Waals surface area contributed by atoms with Crippen molar-refractivity contribution in [3.05, 3.63) is 76.9 Å². The molecule has 1 N–H and O–H groups in total. The third kappa shape index (κ3) is 5.11. The molecule has 4 aromatic rings. The first-order valence-electron chi connectivity index (χ1n) is 9.75. The molecule has 0 aliphatic rings. The predicted octanol–water partition coefficient (Wildman–Crippen LogP) is 5.30. The maximum absolute atomic E-state index is 13.1. The van der Waals surface area contributed by atoms with Gasteiger partial charge in [0.2, 0.25) is 6.41 Å². The van der Waals surface area contributed by atoms with Crippen LogP contribution in [0.5, 0.6) is 0 Å². The molecule has 0 unspecified atom stereocenters. The van der Waals surface area contributed by atoms with E-state index in [-0.39, 0.29) is 5.56 Å². The van der Waals surface area contributed by atoms with E-state index in [0.717, 1.165) is 34.4 Å². The molecule has 0 radical (unpaired) electrons. The van der Waals surface area contributed by atoms with Crippen LogP contribution in [0.4, 0.5) is 18.9 Å². The van der Waals surface area contributed by atoms with Crippen LogP contribution < -0.4 is 5.32 Å². The molecule has 0 atom stereocenters. The number of aromatic nitrogens is 4. The van der Waals surface area contributed by atoms with Gasteiger partial charge in [-0.25, -0.2) is 9.50 Å². The molecule has 0 fully saturated rings. The third-order valence-corrected chi connectivity index (χ3v) is 4.77. The van der Waals surface area contributed by atoms with Crippen molar-refractivity contribution in [1.82, 2.24) is 19.6 Å². The van der Waals surface area contributed by atoms with Crippen molar-refractivity contribution >= 4 is 17.7 Å². The highest BCUT2D eigenvalue weighted by Gasteiger charge is 2.33. The first-order valence-corrected chi connectivity index (χ1v) is 9.75. The lowest BCUT2D eigenvalue weighted by atomic mass is 10.0. The van der Waals surface area contributed by atoms with Gasteiger partial charge in [-0.3, -0.25) is 9.78 Å². The van der Waals surface area contributed by atoms with Gasteiger partial charge >= 0.3 is 6.18 Å². The van der Waals surface area contributed by atoms with Gasteiger partial charge in [0.15, 0.2) is 5.65 Å². The molecule has 166 valence electrons. The number of hydrogen-bond donors (Lipinski definition) is 1. The summed E-state index contributed by atoms with van der Waals surface area (Å²) in [7, 11) is 0. The average Bonchev–Trinajstić information content (AvgIpc) is 3.01. The molecule has 0 saturated carbocycles. The monoisotopic (exact) mass is 441 g/mol. The van der Waals surface area contributed by atoms with Crippen LogP contribution in [0.1, 0.15) is 28.2 Å². The Morgan fingerprint density at radius 2 is 1.62 bits per heavy atom. The Morgan fingerprint density at radius 3 is 2.25 bits per heavy atom. The summed E-state index contributed by atoms with van der Waals surface area (Å²) in [6.07, 6.45) is -2.12. The summed E-state index contributed by atoms with van der Waals surface area (Å²) >= 11 is 0. The highest BCUT2D eigenvalue weighted by Crippen LogP contribution is 2.36. The normalized spacial score (nSPS) is 11.1. The molecule has 0 saturated heterocycles. The average molecular weight is 441 g/mol. The predicted molar refractivity (Wildman–Crippen MR) is 116 cm³/mol. The lowest BCUT2D eigenvalue weighted by molar-refractivity contribution is -0.137. The number of hydrogen-bond acceptors (Lipinski definition) is 4. The summed E-state index contributed by atoms with van der Waals surface area (Å²) in [4.78, 5) is 18.6. The summed E-state index contributed by atoms with van der Waals surface area (Å²) in [5, 5.41) is 6.82. The van der Waals surface area contributed by atoms with Crippen molar-refractivity contribution in [3.8, 4) is 11.3 Å². The van der Waals surface area contributed by atoms with Crippen LogP contribution in [0.15, 0.2) is 48.7 Å². The zero-order valence-electron chi connectivity index (χ0n) is 18.0. The van der Waals surface area contributed by atoms with E-state index in [1.165, 1.54) is 12.1 Å². The molecule has 3 aromatic heterocycles. The third-order valence-electron chi connectivity index (χ3n) is 4.77. The number of pyridine rings is 1. The number of amides is 1. The Bertz CT molecular complexity index is 1240. The summed E-state index contributed by atoms with van der Waals surface area (Å²) < 4.78 is 40.8. The quantitative estimate of drug-likeness (QED) is 0.438. The number of rotatable bonds is 3. The van der Waals surface area contributed by atoms with Gasteiger partial charge in [0.25, 0.3) is 0 Å². The van der Waals surface area contributed by atoms with Gasteiger partial charge in [0, 0.05) is 34.4 Å². The number of aryl methyl sites for hydroxylation is 4. The Labute approximate surface area is 183 Å². The smallest absolute Gasteiger partial charge is 0.329 e. The molecular formula is C23H22F3N5O. The van der Waals surface area contributed by atoms with Crippen molar-refractivity contribution in [1.29, 1.82) is 0 Å². The van der Waals surface area contributed by atoms with E-state index in [4.69, 9.17) is 0 Å². The molecule has 0 spiro atoms. The molecule has 0 aliphatic carbocycles. The minimum absolute atomic E-state index is 0.0748. The molecule has 1 aromatic carbocycles. The van der Waals surface area contributed by atoms with E-state index in [9.17, 15) is 18.0 Å². The Morgan fingerprint density at radius 1 is 0.969 bits per heavy atom. The Kier molecular flexibility index (Phi) is 6.57. The number of carbonyl (C=O) groups excluding carboxylic acids is 1. The molecular weight excluding hydrogens is 419 g/mol. The van der Waals surface area contributed by atoms with E-state index in [2.05, 4.69) is 20.4 Å². The van der Waals surface area contributed by atoms with Crippen LogP contribution in [0, 0.1) is 27.7 Å². The first-order chi connectivity index (χ1) is 15.1. The fourth-order valence-corrected chi connectivity index (χ4v) is 3.24. The number of nitrogens with one attached hydrogen (secondary N) is 1. The minimum atomic E-state index is -4.41. The van der Waals surface area contributed by atoms with Gasteiger partial charge in [0.05, 0.1) is 17.0 Å². The second-order valence-electron chi connectivity index (χ2n) is 7.24. The van der Waals surface area contributed by atoms with Crippen LogP contribution in [0.2, 0.25) is 0 Å². The molecule has 1 amide bonds. The molecule has 0 aliphatic heterocycles. The minimum Gasteiger partial charge on any atom is -0.329 e. The molecule has 4 rings (SSSR count). The SMILES string of the molecule is Cc1cc(NC=O)cc(C)n1.Cc1nn2ccc(-c3ccccc3C(F)(F)F)nc2c1C. The Balaban J connectivity index is 0.000000222. The number of carbonyl (C=O) groups is 1. The zero-order chi connectivity index (χ0) is 23.5. The van der Waals surface area contributed by atoms with Crippen molar-refractivity contribution in [2.75, 3.05) is 5.32 Å². The second-order valence-corrected chi connectivity index (χ2v) is 7.24. The van der Waals surface area contributed by atoms with Crippen LogP contribution in [-0.4, -0.2) is 26.0 Å². The van der Waals surface area contributed by atoms with Crippen LogP contribution in [0.25, 0.3) is 16.9 Å². The zero-order valence-corrected chi connectivity index (χ0v) is 18.0. The number of nitrogens with zero attached hydrogens (tertiary/aromatic N) is 4. The maximum atomic E-state index is 13.1. The van der Waals surface area contributed by atoms with Gasteiger partial charge < -0.3 is 5.32 Å². The van der Waals surface area contributed by atoms with Gasteiger partial charge in [-0.15, -0.1) is 0 Å². The van der Waals surface area contributed by atoms with Crippen molar-refractivity contribution in [2.24, 2.45) is 0 Å². The summed E-state index contributed by atoms with van der Waals surface area (Å²) in [5.41, 5.74) is 4.54. The van der Waals surface area contributed by atoms with Gasteiger partial charge in [0.1, 0.15) is 0 Å². The summed E-state index contributed by atoms with van der Waals surface area (Å²) in [6.45, 7) is 7.48. The molecule has 32 heavy (non-hydrogen) atoms. The van der Waals surface area contributed by atoms with Gasteiger partial charge in [-0.2, -0.15) is 18.3 Å². The number of benzene rings is 1. The highest BCUT2D eigenvalue weighted by molar-refractivity contribution is 5.71. The maximum Gasteiger partial charge on any atom is 0.417 e. The van der Waals surface area contributed by atoms with Crippen LogP contribution in [0.3, 0.4) is 0 Å². The number of alkyl halides is 3. The lowest BCUT2D eigenvalue weighted by Gasteiger charge is -2.12. The van der Waals surface area contributed by atoms with Crippen LogP contribution in [-0.2, 0) is 11.0 Å². The Hall–Kier alpha value is -3.75. The standard InChI is InChI=1S/C15H12F3N3.C8H10N2O/c1-9-10(2)20-21-8-7-13(19-14(9)21)11-5-3-4-6-12(11)15(16,17)18;1-6-3-8(9-5-11)4-7(2)10-6/h3-8H,1-2H3;3-5H,1-2H3,(H,9,10,11). The van der Waals surface area contributed by atoms with E-state index in [1.54, 1.807) is 22.8 Å². The fourth-order valence-electron chi connectivity index (χ4n) is 3.24. The molecule has 0 bridgehead atoms. The van der Waals surface area contributed by atoms with Gasteiger partial charge in [-0.05, 0) is 52.0 Å². The summed E-state index contributed by atoms with van der Waals surface area (Å²) in [6, 6.07) is 10.6. The topological polar surface area (TPSA) is 72.2 Å². The van der Waals surface area contributed by atoms with E-state index >= 15 is 0 Å². The lowest BCUT2D eigenvalue weighted by Crippen LogP contribution is -2.07. The van der Waals surface area contributed by atoms with Crippen molar-refractivity contribution < 1.29 is 18.0 Å². The molecule has 9 heteroatoms. The second kappa shape index (κ2) is 9.17. The molecule has 6 nitrogen and oxygen atoms in total.